The first kappa shape index (κ1) is 13.9. The average molecular weight is 299 g/mol. The molecule has 0 radical (unpaired) electrons. The fourth-order valence-corrected chi connectivity index (χ4v) is 2.84. The minimum atomic E-state index is -0.143. The Morgan fingerprint density at radius 2 is 1.90 bits per heavy atom. The molecule has 0 fully saturated rings. The Morgan fingerprint density at radius 3 is 2.62 bits per heavy atom. The molecule has 0 bridgehead atoms. The van der Waals surface area contributed by atoms with E-state index in [2.05, 4.69) is 10.3 Å². The highest BCUT2D eigenvalue weighted by atomic mass is 35.5. The average Bonchev–Trinajstić information content (AvgIpc) is 2.54. The molecule has 1 heterocycles. The van der Waals surface area contributed by atoms with Gasteiger partial charge in [-0.25, -0.2) is 0 Å². The number of nitrogens with one attached hydrogen (secondary N) is 1. The highest BCUT2D eigenvalue weighted by Crippen LogP contribution is 2.37. The zero-order valence-electron chi connectivity index (χ0n) is 11.5. The molecule has 3 nitrogen and oxygen atoms in total. The molecule has 0 saturated carbocycles. The summed E-state index contributed by atoms with van der Waals surface area (Å²) in [5.74, 6) is 0.165. The van der Waals surface area contributed by atoms with Crippen LogP contribution in [0.3, 0.4) is 0 Å². The summed E-state index contributed by atoms with van der Waals surface area (Å²) in [4.78, 5) is 4.25. The first-order valence-electron chi connectivity index (χ1n) is 6.70. The molecule has 21 heavy (non-hydrogen) atoms. The number of phenolic OH excluding ortho intramolecular Hbond substituents is 1. The van der Waals surface area contributed by atoms with Crippen LogP contribution >= 0.6 is 11.6 Å². The number of aromatic hydroxyl groups is 1. The zero-order chi connectivity index (χ0) is 14.8. The predicted molar refractivity (Wildman–Crippen MR) is 85.8 cm³/mol. The van der Waals surface area contributed by atoms with Crippen LogP contribution < -0.4 is 5.32 Å². The third-order valence-electron chi connectivity index (χ3n) is 3.58. The molecule has 3 rings (SSSR count). The maximum atomic E-state index is 10.6. The molecule has 0 saturated heterocycles. The minimum Gasteiger partial charge on any atom is -0.505 e. The lowest BCUT2D eigenvalue weighted by molar-refractivity contribution is 0.466. The lowest BCUT2D eigenvalue weighted by Gasteiger charge is -2.19. The molecule has 4 heteroatoms. The number of nitrogens with zero attached hydrogens (tertiary/aromatic N) is 1. The Kier molecular flexibility index (Phi) is 3.78. The van der Waals surface area contributed by atoms with E-state index in [0.29, 0.717) is 10.5 Å². The summed E-state index contributed by atoms with van der Waals surface area (Å²) in [5.41, 5.74) is 2.30. The van der Waals surface area contributed by atoms with Crippen molar-refractivity contribution in [3.63, 3.8) is 0 Å². The van der Waals surface area contributed by atoms with Gasteiger partial charge in [0.05, 0.1) is 11.1 Å². The molecule has 3 aromatic rings. The van der Waals surface area contributed by atoms with Gasteiger partial charge < -0.3 is 10.4 Å². The van der Waals surface area contributed by atoms with Crippen LogP contribution in [0.4, 0.5) is 0 Å². The lowest BCUT2D eigenvalue weighted by atomic mass is 9.96. The van der Waals surface area contributed by atoms with E-state index in [1.165, 1.54) is 0 Å². The SMILES string of the molecule is CNC(c1ccccc1)c1cc(Cl)c2cccnc2c1O. The van der Waals surface area contributed by atoms with Crippen molar-refractivity contribution in [2.45, 2.75) is 6.04 Å². The molecule has 0 spiro atoms. The second kappa shape index (κ2) is 5.72. The molecule has 106 valence electrons. The standard InChI is InChI=1S/C17H15ClN2O/c1-19-15(11-6-3-2-4-7-11)13-10-14(18)12-8-5-9-20-16(12)17(13)21/h2-10,15,19,21H,1H3. The second-order valence-electron chi connectivity index (χ2n) is 4.83. The van der Waals surface area contributed by atoms with Gasteiger partial charge in [-0.15, -0.1) is 0 Å². The van der Waals surface area contributed by atoms with Gasteiger partial charge in [-0.05, 0) is 30.8 Å². The highest BCUT2D eigenvalue weighted by Gasteiger charge is 2.19. The topological polar surface area (TPSA) is 45.2 Å². The van der Waals surface area contributed by atoms with Crippen LogP contribution in [-0.2, 0) is 0 Å². The molecule has 2 aromatic carbocycles. The highest BCUT2D eigenvalue weighted by molar-refractivity contribution is 6.35. The molecule has 0 amide bonds. The van der Waals surface area contributed by atoms with E-state index >= 15 is 0 Å². The van der Waals surface area contributed by atoms with Gasteiger partial charge in [-0.3, -0.25) is 4.98 Å². The summed E-state index contributed by atoms with van der Waals surface area (Å²) >= 11 is 6.34. The van der Waals surface area contributed by atoms with Gasteiger partial charge in [0.2, 0.25) is 0 Å². The zero-order valence-corrected chi connectivity index (χ0v) is 12.3. The number of fused-ring (bicyclic) bond motifs is 1. The molecular weight excluding hydrogens is 284 g/mol. The number of halogens is 1. The summed E-state index contributed by atoms with van der Waals surface area (Å²) < 4.78 is 0. The lowest BCUT2D eigenvalue weighted by Crippen LogP contribution is -2.17. The monoisotopic (exact) mass is 298 g/mol. The fraction of sp³-hybridized carbons (Fsp3) is 0.118. The van der Waals surface area contributed by atoms with Crippen molar-refractivity contribution in [3.05, 3.63) is 70.9 Å². The van der Waals surface area contributed by atoms with Gasteiger partial charge in [0.25, 0.3) is 0 Å². The molecular formula is C17H15ClN2O. The number of phenols is 1. The van der Waals surface area contributed by atoms with Gasteiger partial charge in [0.15, 0.2) is 0 Å². The number of hydrogen-bond acceptors (Lipinski definition) is 3. The molecule has 0 aliphatic carbocycles. The summed E-state index contributed by atoms with van der Waals surface area (Å²) in [6.45, 7) is 0. The van der Waals surface area contributed by atoms with Crippen molar-refractivity contribution in [1.29, 1.82) is 0 Å². The summed E-state index contributed by atoms with van der Waals surface area (Å²) in [5, 5.41) is 15.1. The number of pyridine rings is 1. The predicted octanol–water partition coefficient (Wildman–Crippen LogP) is 3.90. The second-order valence-corrected chi connectivity index (χ2v) is 5.24. The Balaban J connectivity index is 2.22. The van der Waals surface area contributed by atoms with E-state index in [4.69, 9.17) is 11.6 Å². The van der Waals surface area contributed by atoms with E-state index in [1.54, 1.807) is 18.3 Å². The molecule has 1 aromatic heterocycles. The van der Waals surface area contributed by atoms with Crippen LogP contribution in [0.2, 0.25) is 5.02 Å². The Hall–Kier alpha value is -2.10. The first-order chi connectivity index (χ1) is 10.2. The summed E-state index contributed by atoms with van der Waals surface area (Å²) in [6.07, 6.45) is 1.65. The molecule has 0 aliphatic rings. The van der Waals surface area contributed by atoms with E-state index in [0.717, 1.165) is 16.5 Å². The van der Waals surface area contributed by atoms with Crippen LogP contribution in [0.25, 0.3) is 10.9 Å². The van der Waals surface area contributed by atoms with Gasteiger partial charge in [0, 0.05) is 17.1 Å². The number of aromatic nitrogens is 1. The first-order valence-corrected chi connectivity index (χ1v) is 7.08. The Labute approximate surface area is 128 Å². The van der Waals surface area contributed by atoms with Crippen LogP contribution in [0.1, 0.15) is 17.2 Å². The van der Waals surface area contributed by atoms with Crippen LogP contribution in [0.5, 0.6) is 5.75 Å². The summed E-state index contributed by atoms with van der Waals surface area (Å²) in [7, 11) is 1.85. The van der Waals surface area contributed by atoms with E-state index in [9.17, 15) is 5.11 Å². The van der Waals surface area contributed by atoms with Crippen molar-refractivity contribution in [1.82, 2.24) is 10.3 Å². The molecule has 0 aliphatic heterocycles. The van der Waals surface area contributed by atoms with Crippen molar-refractivity contribution in [2.75, 3.05) is 7.05 Å². The maximum Gasteiger partial charge on any atom is 0.147 e. The van der Waals surface area contributed by atoms with Crippen LogP contribution in [0.15, 0.2) is 54.7 Å². The van der Waals surface area contributed by atoms with Gasteiger partial charge >= 0.3 is 0 Å². The number of benzene rings is 2. The van der Waals surface area contributed by atoms with Crippen molar-refractivity contribution >= 4 is 22.5 Å². The quantitative estimate of drug-likeness (QED) is 0.771. The Bertz CT molecular complexity index is 774. The van der Waals surface area contributed by atoms with Crippen LogP contribution in [0, 0.1) is 0 Å². The number of rotatable bonds is 3. The normalized spacial score (nSPS) is 12.5. The van der Waals surface area contributed by atoms with Crippen molar-refractivity contribution < 1.29 is 5.11 Å². The van der Waals surface area contributed by atoms with Gasteiger partial charge in [0.1, 0.15) is 11.3 Å². The van der Waals surface area contributed by atoms with Crippen molar-refractivity contribution in [2.24, 2.45) is 0 Å². The van der Waals surface area contributed by atoms with Gasteiger partial charge in [-0.1, -0.05) is 41.9 Å². The largest absolute Gasteiger partial charge is 0.505 e. The van der Waals surface area contributed by atoms with Crippen molar-refractivity contribution in [3.8, 4) is 5.75 Å². The van der Waals surface area contributed by atoms with Crippen LogP contribution in [-0.4, -0.2) is 17.1 Å². The smallest absolute Gasteiger partial charge is 0.147 e. The summed E-state index contributed by atoms with van der Waals surface area (Å²) in [6, 6.07) is 15.2. The van der Waals surface area contributed by atoms with E-state index in [1.807, 2.05) is 43.4 Å². The van der Waals surface area contributed by atoms with E-state index < -0.39 is 0 Å². The molecule has 2 N–H and O–H groups in total. The third kappa shape index (κ3) is 2.46. The Morgan fingerprint density at radius 1 is 1.14 bits per heavy atom. The third-order valence-corrected chi connectivity index (χ3v) is 3.89. The van der Waals surface area contributed by atoms with E-state index in [-0.39, 0.29) is 11.8 Å². The van der Waals surface area contributed by atoms with Gasteiger partial charge in [-0.2, -0.15) is 0 Å². The molecule has 1 atom stereocenters. The maximum absolute atomic E-state index is 10.6. The fourth-order valence-electron chi connectivity index (χ4n) is 2.57. The minimum absolute atomic E-state index is 0.143. The molecule has 1 unspecified atom stereocenters. The number of hydrogen-bond donors (Lipinski definition) is 2.